The summed E-state index contributed by atoms with van der Waals surface area (Å²) in [5.74, 6) is 0.0200. The molecule has 1 heterocycles. The standard InChI is InChI=1S/C32H21NO2/c34-30-12-6-10-26-24-15-13-20(17-22(24)19-31(35)32(26)30)21-14-16-29-27(18-21)25-9-4-5-11-28(25)33(29)23-7-2-1-3-8-23/h1-18,34H,19H2. The van der Waals surface area contributed by atoms with Crippen LogP contribution in [-0.2, 0) is 6.42 Å². The normalized spacial score (nSPS) is 12.6. The molecule has 1 N–H and O–H groups in total. The van der Waals surface area contributed by atoms with Crippen molar-refractivity contribution in [2.75, 3.05) is 0 Å². The molecule has 0 saturated carbocycles. The predicted molar refractivity (Wildman–Crippen MR) is 141 cm³/mol. The number of phenols is 1. The van der Waals surface area contributed by atoms with E-state index in [4.69, 9.17) is 0 Å². The molecule has 0 spiro atoms. The van der Waals surface area contributed by atoms with E-state index in [-0.39, 0.29) is 11.5 Å². The van der Waals surface area contributed by atoms with Crippen LogP contribution in [0.5, 0.6) is 5.75 Å². The van der Waals surface area contributed by atoms with Crippen LogP contribution in [-0.4, -0.2) is 15.5 Å². The molecule has 0 aliphatic heterocycles. The summed E-state index contributed by atoms with van der Waals surface area (Å²) in [5, 5.41) is 12.6. The average molecular weight is 452 g/mol. The Balaban J connectivity index is 1.41. The van der Waals surface area contributed by atoms with Crippen LogP contribution in [0.25, 0.3) is 49.7 Å². The van der Waals surface area contributed by atoms with Crippen molar-refractivity contribution in [1.29, 1.82) is 0 Å². The fraction of sp³-hybridized carbons (Fsp3) is 0.0312. The molecule has 5 aromatic carbocycles. The molecule has 0 fully saturated rings. The topological polar surface area (TPSA) is 42.2 Å². The van der Waals surface area contributed by atoms with Crippen LogP contribution in [0.3, 0.4) is 0 Å². The quantitative estimate of drug-likeness (QED) is 0.295. The van der Waals surface area contributed by atoms with E-state index < -0.39 is 0 Å². The molecule has 35 heavy (non-hydrogen) atoms. The van der Waals surface area contributed by atoms with Crippen LogP contribution in [0.4, 0.5) is 0 Å². The van der Waals surface area contributed by atoms with Gasteiger partial charge in [0.25, 0.3) is 0 Å². The van der Waals surface area contributed by atoms with E-state index in [1.54, 1.807) is 12.1 Å². The predicted octanol–water partition coefficient (Wildman–Crippen LogP) is 7.56. The van der Waals surface area contributed by atoms with Crippen LogP contribution in [0.15, 0.2) is 109 Å². The van der Waals surface area contributed by atoms with E-state index in [0.717, 1.165) is 33.5 Å². The Morgan fingerprint density at radius 3 is 2.26 bits per heavy atom. The third-order valence-corrected chi connectivity index (χ3v) is 7.09. The van der Waals surface area contributed by atoms with Gasteiger partial charge in [-0.3, -0.25) is 4.79 Å². The summed E-state index contributed by atoms with van der Waals surface area (Å²) in [6.45, 7) is 0. The molecule has 0 saturated heterocycles. The molecule has 166 valence electrons. The average Bonchev–Trinajstić information content (AvgIpc) is 3.22. The lowest BCUT2D eigenvalue weighted by Crippen LogP contribution is -2.12. The summed E-state index contributed by atoms with van der Waals surface area (Å²) < 4.78 is 2.31. The number of hydrogen-bond acceptors (Lipinski definition) is 2. The molecule has 0 bridgehead atoms. The van der Waals surface area contributed by atoms with Crippen molar-refractivity contribution in [2.45, 2.75) is 6.42 Å². The summed E-state index contributed by atoms with van der Waals surface area (Å²) in [5.41, 5.74) is 8.94. The number of hydrogen-bond donors (Lipinski definition) is 1. The zero-order valence-electron chi connectivity index (χ0n) is 18.9. The molecule has 6 aromatic rings. The number of aromatic hydroxyl groups is 1. The lowest BCUT2D eigenvalue weighted by molar-refractivity contribution is 0.0989. The van der Waals surface area contributed by atoms with Gasteiger partial charge in [0.15, 0.2) is 5.78 Å². The molecule has 1 aromatic heterocycles. The van der Waals surface area contributed by atoms with Crippen molar-refractivity contribution < 1.29 is 9.90 Å². The van der Waals surface area contributed by atoms with Crippen LogP contribution in [0, 0.1) is 0 Å². The van der Waals surface area contributed by atoms with Crippen LogP contribution in [0.1, 0.15) is 15.9 Å². The first kappa shape index (κ1) is 19.8. The maximum absolute atomic E-state index is 12.8. The van der Waals surface area contributed by atoms with Gasteiger partial charge in [0.2, 0.25) is 0 Å². The summed E-state index contributed by atoms with van der Waals surface area (Å²) >= 11 is 0. The van der Waals surface area contributed by atoms with E-state index in [1.165, 1.54) is 21.8 Å². The first-order chi connectivity index (χ1) is 17.2. The maximum atomic E-state index is 12.8. The minimum Gasteiger partial charge on any atom is -0.507 e. The summed E-state index contributed by atoms with van der Waals surface area (Å²) in [4.78, 5) is 12.8. The van der Waals surface area contributed by atoms with Crippen molar-refractivity contribution in [3.05, 3.63) is 120 Å². The van der Waals surface area contributed by atoms with Crippen molar-refractivity contribution in [1.82, 2.24) is 4.57 Å². The maximum Gasteiger partial charge on any atom is 0.171 e. The summed E-state index contributed by atoms with van der Waals surface area (Å²) in [6.07, 6.45) is 0.295. The molecule has 7 rings (SSSR count). The number of aromatic nitrogens is 1. The van der Waals surface area contributed by atoms with Crippen LogP contribution in [0.2, 0.25) is 0 Å². The SMILES string of the molecule is O=C1Cc2cc(-c3ccc4c(c3)c3ccccc3n4-c3ccccc3)ccc2-c2cccc(O)c21. The second kappa shape index (κ2) is 7.44. The Labute approximate surface area is 202 Å². The van der Waals surface area contributed by atoms with Gasteiger partial charge < -0.3 is 9.67 Å². The summed E-state index contributed by atoms with van der Waals surface area (Å²) in [6, 6.07) is 37.1. The van der Waals surface area contributed by atoms with Gasteiger partial charge in [-0.15, -0.1) is 0 Å². The van der Waals surface area contributed by atoms with E-state index in [1.807, 2.05) is 12.1 Å². The zero-order chi connectivity index (χ0) is 23.5. The number of para-hydroxylation sites is 2. The molecule has 1 aliphatic carbocycles. The molecule has 3 heteroatoms. The minimum absolute atomic E-state index is 0.0378. The van der Waals surface area contributed by atoms with Gasteiger partial charge in [0.1, 0.15) is 5.75 Å². The second-order valence-corrected chi connectivity index (χ2v) is 9.09. The lowest BCUT2D eigenvalue weighted by atomic mass is 9.83. The number of benzene rings is 5. The highest BCUT2D eigenvalue weighted by atomic mass is 16.3. The zero-order valence-corrected chi connectivity index (χ0v) is 18.9. The number of carbonyl (C=O) groups is 1. The largest absolute Gasteiger partial charge is 0.507 e. The first-order valence-electron chi connectivity index (χ1n) is 11.8. The highest BCUT2D eigenvalue weighted by Gasteiger charge is 2.25. The lowest BCUT2D eigenvalue weighted by Gasteiger charge is -2.20. The first-order valence-corrected chi connectivity index (χ1v) is 11.8. The monoisotopic (exact) mass is 451 g/mol. The number of fused-ring (bicyclic) bond motifs is 6. The number of nitrogens with zero attached hydrogens (tertiary/aromatic N) is 1. The fourth-order valence-corrected chi connectivity index (χ4v) is 5.51. The number of ketones is 1. The molecule has 1 aliphatic rings. The van der Waals surface area contributed by atoms with Crippen LogP contribution < -0.4 is 0 Å². The van der Waals surface area contributed by atoms with E-state index in [0.29, 0.717) is 12.0 Å². The van der Waals surface area contributed by atoms with Gasteiger partial charge in [-0.25, -0.2) is 0 Å². The van der Waals surface area contributed by atoms with Crippen molar-refractivity contribution in [2.24, 2.45) is 0 Å². The van der Waals surface area contributed by atoms with Gasteiger partial charge in [-0.05, 0) is 64.2 Å². The molecule has 0 atom stereocenters. The Kier molecular flexibility index (Phi) is 4.21. The third kappa shape index (κ3) is 2.95. The molecule has 0 amide bonds. The van der Waals surface area contributed by atoms with E-state index >= 15 is 0 Å². The van der Waals surface area contributed by atoms with Crippen molar-refractivity contribution >= 4 is 27.6 Å². The van der Waals surface area contributed by atoms with Gasteiger partial charge in [-0.2, -0.15) is 0 Å². The minimum atomic E-state index is -0.0378. The second-order valence-electron chi connectivity index (χ2n) is 9.09. The molecule has 0 radical (unpaired) electrons. The summed E-state index contributed by atoms with van der Waals surface area (Å²) in [7, 11) is 0. The van der Waals surface area contributed by atoms with Gasteiger partial charge >= 0.3 is 0 Å². The third-order valence-electron chi connectivity index (χ3n) is 7.09. The smallest absolute Gasteiger partial charge is 0.171 e. The van der Waals surface area contributed by atoms with Gasteiger partial charge in [0, 0.05) is 22.9 Å². The van der Waals surface area contributed by atoms with E-state index in [9.17, 15) is 9.90 Å². The van der Waals surface area contributed by atoms with E-state index in [2.05, 4.69) is 89.5 Å². The molecular weight excluding hydrogens is 430 g/mol. The molecule has 0 unspecified atom stereocenters. The Bertz CT molecular complexity index is 1790. The number of Topliss-reactive ketones (excluding diaryl/α,β-unsaturated/α-hetero) is 1. The fourth-order valence-electron chi connectivity index (χ4n) is 5.51. The molecule has 3 nitrogen and oxygen atoms in total. The number of rotatable bonds is 2. The van der Waals surface area contributed by atoms with Gasteiger partial charge in [0.05, 0.1) is 16.6 Å². The number of carbonyl (C=O) groups excluding carboxylic acids is 1. The van der Waals surface area contributed by atoms with Gasteiger partial charge in [-0.1, -0.05) is 72.8 Å². The number of phenolic OH excluding ortho intramolecular Hbond substituents is 1. The Morgan fingerprint density at radius 2 is 1.37 bits per heavy atom. The van der Waals surface area contributed by atoms with Crippen molar-refractivity contribution in [3.63, 3.8) is 0 Å². The van der Waals surface area contributed by atoms with Crippen molar-refractivity contribution in [3.8, 4) is 33.7 Å². The van der Waals surface area contributed by atoms with Crippen LogP contribution >= 0.6 is 0 Å². The Morgan fingerprint density at radius 1 is 0.629 bits per heavy atom. The highest BCUT2D eigenvalue weighted by molar-refractivity contribution is 6.11. The molecular formula is C32H21NO2. The Hall–Kier alpha value is -4.63. The highest BCUT2D eigenvalue weighted by Crippen LogP contribution is 2.40.